The summed E-state index contributed by atoms with van der Waals surface area (Å²) < 4.78 is 25.1. The Morgan fingerprint density at radius 2 is 2.07 bits per heavy atom. The van der Waals surface area contributed by atoms with Gasteiger partial charge in [-0.3, -0.25) is 4.79 Å². The maximum atomic E-state index is 12.5. The van der Waals surface area contributed by atoms with Crippen LogP contribution >= 0.6 is 0 Å². The van der Waals surface area contributed by atoms with E-state index in [1.807, 2.05) is 0 Å². The standard InChI is InChI=1S/C10H12F2O2/c1-9(2)6(7(9)8(13)14)3-5-4-10(5,11)12/h3,6-7H,4H2,1-2H3,(H,13,14)/b5-3-. The number of halogens is 2. The molecular formula is C10H12F2O2. The Labute approximate surface area is 80.6 Å². The van der Waals surface area contributed by atoms with Crippen molar-refractivity contribution in [1.29, 1.82) is 0 Å². The number of alkyl halides is 2. The number of allylic oxidation sites excluding steroid dienone is 2. The van der Waals surface area contributed by atoms with Crippen LogP contribution in [-0.4, -0.2) is 17.0 Å². The van der Waals surface area contributed by atoms with Crippen molar-refractivity contribution >= 4 is 5.97 Å². The van der Waals surface area contributed by atoms with Crippen LogP contribution in [0.25, 0.3) is 0 Å². The molecule has 0 saturated heterocycles. The molecule has 0 aromatic rings. The number of carbonyl (C=O) groups is 1. The molecule has 0 amide bonds. The van der Waals surface area contributed by atoms with Gasteiger partial charge in [-0.25, -0.2) is 8.78 Å². The van der Waals surface area contributed by atoms with E-state index in [1.54, 1.807) is 13.8 Å². The van der Waals surface area contributed by atoms with Crippen LogP contribution in [0.2, 0.25) is 0 Å². The first-order valence-electron chi connectivity index (χ1n) is 4.58. The average Bonchev–Trinajstić information content (AvgIpc) is 2.72. The molecule has 0 aromatic heterocycles. The van der Waals surface area contributed by atoms with Gasteiger partial charge in [0.15, 0.2) is 0 Å². The Balaban J connectivity index is 2.10. The second-order valence-corrected chi connectivity index (χ2v) is 4.74. The fraction of sp³-hybridized carbons (Fsp3) is 0.700. The van der Waals surface area contributed by atoms with E-state index in [9.17, 15) is 13.6 Å². The van der Waals surface area contributed by atoms with Crippen molar-refractivity contribution in [2.45, 2.75) is 26.2 Å². The van der Waals surface area contributed by atoms with Gasteiger partial charge in [-0.2, -0.15) is 0 Å². The highest BCUT2D eigenvalue weighted by molar-refractivity contribution is 5.76. The average molecular weight is 202 g/mol. The predicted molar refractivity (Wildman–Crippen MR) is 46.0 cm³/mol. The number of carboxylic acids is 1. The molecule has 2 saturated carbocycles. The fourth-order valence-electron chi connectivity index (χ4n) is 2.05. The van der Waals surface area contributed by atoms with Crippen LogP contribution in [0.15, 0.2) is 11.6 Å². The van der Waals surface area contributed by atoms with Crippen LogP contribution in [0.4, 0.5) is 8.78 Å². The van der Waals surface area contributed by atoms with E-state index in [0.29, 0.717) is 0 Å². The molecule has 0 spiro atoms. The third-order valence-electron chi connectivity index (χ3n) is 3.31. The van der Waals surface area contributed by atoms with Gasteiger partial charge >= 0.3 is 5.97 Å². The number of hydrogen-bond acceptors (Lipinski definition) is 1. The van der Waals surface area contributed by atoms with Gasteiger partial charge in [0.2, 0.25) is 0 Å². The van der Waals surface area contributed by atoms with Crippen LogP contribution in [-0.2, 0) is 4.79 Å². The summed E-state index contributed by atoms with van der Waals surface area (Å²) in [5.41, 5.74) is -0.253. The molecule has 0 radical (unpaired) electrons. The minimum atomic E-state index is -2.65. The third-order valence-corrected chi connectivity index (χ3v) is 3.31. The van der Waals surface area contributed by atoms with Crippen molar-refractivity contribution in [3.8, 4) is 0 Å². The summed E-state index contributed by atoms with van der Waals surface area (Å²) in [4.78, 5) is 10.7. The first-order chi connectivity index (χ1) is 6.27. The topological polar surface area (TPSA) is 37.3 Å². The molecule has 2 aliphatic carbocycles. The zero-order valence-corrected chi connectivity index (χ0v) is 8.05. The van der Waals surface area contributed by atoms with E-state index in [1.165, 1.54) is 6.08 Å². The SMILES string of the molecule is CC1(C)C(/C=C2/CC2(F)F)C1C(=O)O. The van der Waals surface area contributed by atoms with Gasteiger partial charge in [-0.1, -0.05) is 19.9 Å². The summed E-state index contributed by atoms with van der Waals surface area (Å²) in [6.07, 6.45) is 1.27. The highest BCUT2D eigenvalue weighted by Crippen LogP contribution is 2.62. The Morgan fingerprint density at radius 1 is 1.57 bits per heavy atom. The van der Waals surface area contributed by atoms with Crippen molar-refractivity contribution < 1.29 is 18.7 Å². The summed E-state index contributed by atoms with van der Waals surface area (Å²) >= 11 is 0. The van der Waals surface area contributed by atoms with Gasteiger partial charge in [0.1, 0.15) is 0 Å². The smallest absolute Gasteiger partial charge is 0.307 e. The normalized spacial score (nSPS) is 39.6. The maximum absolute atomic E-state index is 12.5. The molecule has 0 aliphatic heterocycles. The number of aliphatic carboxylic acids is 1. The van der Waals surface area contributed by atoms with Crippen LogP contribution in [0.1, 0.15) is 20.3 Å². The van der Waals surface area contributed by atoms with Crippen LogP contribution < -0.4 is 0 Å². The first kappa shape index (κ1) is 9.62. The number of hydrogen-bond donors (Lipinski definition) is 1. The van der Waals surface area contributed by atoms with Gasteiger partial charge in [0.25, 0.3) is 5.92 Å². The lowest BCUT2D eigenvalue weighted by atomic mass is 10.1. The Morgan fingerprint density at radius 3 is 2.36 bits per heavy atom. The van der Waals surface area contributed by atoms with Crippen LogP contribution in [0.5, 0.6) is 0 Å². The second kappa shape index (κ2) is 2.35. The summed E-state index contributed by atoms with van der Waals surface area (Å²) in [6, 6.07) is 0. The van der Waals surface area contributed by atoms with Crippen molar-refractivity contribution in [2.75, 3.05) is 0 Å². The van der Waals surface area contributed by atoms with Crippen molar-refractivity contribution in [2.24, 2.45) is 17.3 Å². The molecule has 1 N–H and O–H groups in total. The lowest BCUT2D eigenvalue weighted by Gasteiger charge is -1.96. The Kier molecular flexibility index (Phi) is 1.62. The largest absolute Gasteiger partial charge is 0.481 e. The molecule has 2 fully saturated rings. The highest BCUT2D eigenvalue weighted by Gasteiger charge is 2.63. The number of carboxylic acid groups (broad SMARTS) is 1. The molecule has 14 heavy (non-hydrogen) atoms. The zero-order chi connectivity index (χ0) is 10.7. The van der Waals surface area contributed by atoms with Gasteiger partial charge in [0.05, 0.1) is 5.92 Å². The van der Waals surface area contributed by atoms with E-state index in [4.69, 9.17) is 5.11 Å². The number of rotatable bonds is 2. The van der Waals surface area contributed by atoms with Crippen molar-refractivity contribution in [1.82, 2.24) is 0 Å². The van der Waals surface area contributed by atoms with Gasteiger partial charge in [-0.05, 0) is 11.3 Å². The molecule has 2 rings (SSSR count). The lowest BCUT2D eigenvalue weighted by Crippen LogP contribution is -2.03. The predicted octanol–water partition coefficient (Wildman–Crippen LogP) is 2.31. The summed E-state index contributed by atoms with van der Waals surface area (Å²) in [6.45, 7) is 3.60. The third kappa shape index (κ3) is 1.24. The lowest BCUT2D eigenvalue weighted by molar-refractivity contribution is -0.139. The summed E-state index contributed by atoms with van der Waals surface area (Å²) in [5.74, 6) is -4.25. The van der Waals surface area contributed by atoms with E-state index in [0.717, 1.165) is 0 Å². The molecule has 78 valence electrons. The van der Waals surface area contributed by atoms with E-state index in [-0.39, 0.29) is 23.3 Å². The molecule has 2 atom stereocenters. The van der Waals surface area contributed by atoms with E-state index < -0.39 is 17.8 Å². The quantitative estimate of drug-likeness (QED) is 0.697. The second-order valence-electron chi connectivity index (χ2n) is 4.74. The highest BCUT2D eigenvalue weighted by atomic mass is 19.3. The monoisotopic (exact) mass is 202 g/mol. The fourth-order valence-corrected chi connectivity index (χ4v) is 2.05. The molecule has 4 heteroatoms. The van der Waals surface area contributed by atoms with Gasteiger partial charge in [0, 0.05) is 12.0 Å². The summed E-state index contributed by atoms with van der Waals surface area (Å²) in [7, 11) is 0. The Hall–Kier alpha value is -0.930. The minimum absolute atomic E-state index is 0.110. The molecular weight excluding hydrogens is 190 g/mol. The van der Waals surface area contributed by atoms with E-state index in [2.05, 4.69) is 0 Å². The van der Waals surface area contributed by atoms with Crippen LogP contribution in [0, 0.1) is 17.3 Å². The summed E-state index contributed by atoms with van der Waals surface area (Å²) in [5, 5.41) is 8.81. The molecule has 2 nitrogen and oxygen atoms in total. The van der Waals surface area contributed by atoms with Gasteiger partial charge in [-0.15, -0.1) is 0 Å². The van der Waals surface area contributed by atoms with Gasteiger partial charge < -0.3 is 5.11 Å². The first-order valence-corrected chi connectivity index (χ1v) is 4.58. The molecule has 0 heterocycles. The molecule has 0 bridgehead atoms. The molecule has 2 unspecified atom stereocenters. The minimum Gasteiger partial charge on any atom is -0.481 e. The maximum Gasteiger partial charge on any atom is 0.307 e. The van der Waals surface area contributed by atoms with Crippen molar-refractivity contribution in [3.05, 3.63) is 11.6 Å². The molecule has 2 aliphatic rings. The van der Waals surface area contributed by atoms with E-state index >= 15 is 0 Å². The van der Waals surface area contributed by atoms with Crippen molar-refractivity contribution in [3.63, 3.8) is 0 Å². The Bertz CT molecular complexity index is 331. The molecule has 0 aromatic carbocycles. The van der Waals surface area contributed by atoms with Crippen LogP contribution in [0.3, 0.4) is 0 Å². The zero-order valence-electron chi connectivity index (χ0n) is 8.05.